The van der Waals surface area contributed by atoms with Crippen molar-refractivity contribution in [3.63, 3.8) is 0 Å². The van der Waals surface area contributed by atoms with Crippen LogP contribution in [0.15, 0.2) is 11.8 Å². The van der Waals surface area contributed by atoms with Gasteiger partial charge in [0.1, 0.15) is 0 Å². The molecule has 0 spiro atoms. The minimum Gasteiger partial charge on any atom is -0.371 e. The van der Waals surface area contributed by atoms with Crippen LogP contribution in [0.25, 0.3) is 0 Å². The smallest absolute Gasteiger partial charge is 0.0351 e. The molecule has 2 aliphatic rings. The van der Waals surface area contributed by atoms with E-state index in [0.29, 0.717) is 0 Å². The van der Waals surface area contributed by atoms with Crippen LogP contribution in [0.1, 0.15) is 6.92 Å². The molecule has 1 fully saturated rings. The number of allylic oxidation sites excluding steroid dienone is 2. The Labute approximate surface area is 43.6 Å². The van der Waals surface area contributed by atoms with Crippen molar-refractivity contribution >= 4 is 0 Å². The second kappa shape index (κ2) is 0.857. The molecular weight excluding hydrogens is 86.1 g/mol. The molecule has 0 radical (unpaired) electrons. The SMILES string of the molecule is CC1C=C1N1CC1. The van der Waals surface area contributed by atoms with Crippen LogP contribution >= 0.6 is 0 Å². The first-order valence-corrected chi connectivity index (χ1v) is 2.84. The molecule has 1 aliphatic heterocycles. The summed E-state index contributed by atoms with van der Waals surface area (Å²) in [6, 6.07) is 0. The second-order valence-electron chi connectivity index (χ2n) is 2.37. The third kappa shape index (κ3) is 0.441. The van der Waals surface area contributed by atoms with E-state index in [1.807, 2.05) is 0 Å². The lowest BCUT2D eigenvalue weighted by Gasteiger charge is -1.90. The monoisotopic (exact) mass is 95.1 g/mol. The fraction of sp³-hybridized carbons (Fsp3) is 0.667. The first kappa shape index (κ1) is 3.53. The molecule has 0 N–H and O–H groups in total. The van der Waals surface area contributed by atoms with Crippen LogP contribution < -0.4 is 0 Å². The minimum atomic E-state index is 0.822. The highest BCUT2D eigenvalue weighted by atomic mass is 15.3. The first-order chi connectivity index (χ1) is 3.38. The molecular formula is C6H9N. The van der Waals surface area contributed by atoms with Gasteiger partial charge in [0.15, 0.2) is 0 Å². The Morgan fingerprint density at radius 2 is 2.29 bits per heavy atom. The van der Waals surface area contributed by atoms with E-state index in [1.165, 1.54) is 13.1 Å². The Hall–Kier alpha value is -0.460. The van der Waals surface area contributed by atoms with E-state index in [1.54, 1.807) is 5.70 Å². The van der Waals surface area contributed by atoms with Crippen LogP contribution in [0.2, 0.25) is 0 Å². The summed E-state index contributed by atoms with van der Waals surface area (Å²) in [5, 5.41) is 0. The predicted octanol–water partition coefficient (Wildman–Crippen LogP) is 0.836. The zero-order valence-electron chi connectivity index (χ0n) is 4.52. The van der Waals surface area contributed by atoms with Crippen molar-refractivity contribution in [3.8, 4) is 0 Å². The minimum absolute atomic E-state index is 0.822. The van der Waals surface area contributed by atoms with E-state index < -0.39 is 0 Å². The molecule has 1 heteroatoms. The largest absolute Gasteiger partial charge is 0.371 e. The molecule has 38 valence electrons. The van der Waals surface area contributed by atoms with Crippen molar-refractivity contribution in [1.29, 1.82) is 0 Å². The van der Waals surface area contributed by atoms with Gasteiger partial charge >= 0.3 is 0 Å². The maximum atomic E-state index is 2.41. The Morgan fingerprint density at radius 3 is 2.43 bits per heavy atom. The van der Waals surface area contributed by atoms with Crippen molar-refractivity contribution in [2.24, 2.45) is 5.92 Å². The highest BCUT2D eigenvalue weighted by Gasteiger charge is 2.31. The summed E-state index contributed by atoms with van der Waals surface area (Å²) in [7, 11) is 0. The van der Waals surface area contributed by atoms with Gasteiger partial charge in [0.25, 0.3) is 0 Å². The summed E-state index contributed by atoms with van der Waals surface area (Å²) in [6.07, 6.45) is 2.31. The van der Waals surface area contributed by atoms with Crippen LogP contribution in [0.5, 0.6) is 0 Å². The molecule has 7 heavy (non-hydrogen) atoms. The van der Waals surface area contributed by atoms with Crippen molar-refractivity contribution < 1.29 is 0 Å². The molecule has 1 atom stereocenters. The molecule has 0 aromatic rings. The van der Waals surface area contributed by atoms with E-state index in [2.05, 4.69) is 17.9 Å². The number of nitrogens with zero attached hydrogens (tertiary/aromatic N) is 1. The fourth-order valence-corrected chi connectivity index (χ4v) is 0.910. The molecule has 0 saturated carbocycles. The molecule has 1 saturated heterocycles. The van der Waals surface area contributed by atoms with Crippen LogP contribution in [-0.4, -0.2) is 18.0 Å². The third-order valence-electron chi connectivity index (χ3n) is 1.59. The van der Waals surface area contributed by atoms with Gasteiger partial charge in [-0.15, -0.1) is 0 Å². The van der Waals surface area contributed by atoms with Gasteiger partial charge < -0.3 is 4.90 Å². The van der Waals surface area contributed by atoms with Gasteiger partial charge in [0.2, 0.25) is 0 Å². The van der Waals surface area contributed by atoms with Gasteiger partial charge in [-0.3, -0.25) is 0 Å². The Kier molecular flexibility index (Phi) is 0.432. The summed E-state index contributed by atoms with van der Waals surface area (Å²) in [6.45, 7) is 4.88. The van der Waals surface area contributed by atoms with Crippen molar-refractivity contribution in [1.82, 2.24) is 4.90 Å². The molecule has 0 amide bonds. The second-order valence-corrected chi connectivity index (χ2v) is 2.37. The van der Waals surface area contributed by atoms with Gasteiger partial charge in [-0.25, -0.2) is 0 Å². The van der Waals surface area contributed by atoms with Crippen LogP contribution in [0.4, 0.5) is 0 Å². The Bertz CT molecular complexity index is 122. The predicted molar refractivity (Wildman–Crippen MR) is 28.8 cm³/mol. The topological polar surface area (TPSA) is 3.01 Å². The highest BCUT2D eigenvalue weighted by molar-refractivity contribution is 5.28. The van der Waals surface area contributed by atoms with Gasteiger partial charge in [-0.1, -0.05) is 13.0 Å². The van der Waals surface area contributed by atoms with E-state index >= 15 is 0 Å². The van der Waals surface area contributed by atoms with E-state index in [9.17, 15) is 0 Å². The fourth-order valence-electron chi connectivity index (χ4n) is 0.910. The highest BCUT2D eigenvalue weighted by Crippen LogP contribution is 2.34. The van der Waals surface area contributed by atoms with Crippen LogP contribution in [0, 0.1) is 5.92 Å². The lowest BCUT2D eigenvalue weighted by Crippen LogP contribution is -1.86. The summed E-state index contributed by atoms with van der Waals surface area (Å²) in [5.41, 5.74) is 1.58. The summed E-state index contributed by atoms with van der Waals surface area (Å²) in [5.74, 6) is 0.822. The number of hydrogen-bond donors (Lipinski definition) is 0. The molecule has 0 aromatic carbocycles. The quantitative estimate of drug-likeness (QED) is 0.436. The Morgan fingerprint density at radius 1 is 1.71 bits per heavy atom. The first-order valence-electron chi connectivity index (χ1n) is 2.84. The van der Waals surface area contributed by atoms with Gasteiger partial charge in [-0.2, -0.15) is 0 Å². The van der Waals surface area contributed by atoms with E-state index in [-0.39, 0.29) is 0 Å². The summed E-state index contributed by atoms with van der Waals surface area (Å²) in [4.78, 5) is 2.41. The standard InChI is InChI=1S/C6H9N/c1-5-4-6(5)7-2-3-7/h4-5H,2-3H2,1H3. The molecule has 1 aliphatic carbocycles. The summed E-state index contributed by atoms with van der Waals surface area (Å²) >= 11 is 0. The average Bonchev–Trinajstić information content (AvgIpc) is 2.23. The zero-order chi connectivity index (χ0) is 4.85. The van der Waals surface area contributed by atoms with E-state index in [4.69, 9.17) is 0 Å². The normalized spacial score (nSPS) is 35.3. The zero-order valence-corrected chi connectivity index (χ0v) is 4.52. The molecule has 1 heterocycles. The molecule has 1 unspecified atom stereocenters. The average molecular weight is 95.1 g/mol. The Balaban J connectivity index is 1.99. The van der Waals surface area contributed by atoms with Crippen LogP contribution in [-0.2, 0) is 0 Å². The van der Waals surface area contributed by atoms with E-state index in [0.717, 1.165) is 5.92 Å². The van der Waals surface area contributed by atoms with Crippen LogP contribution in [0.3, 0.4) is 0 Å². The van der Waals surface area contributed by atoms with Gasteiger partial charge in [0, 0.05) is 24.7 Å². The maximum absolute atomic E-state index is 2.41. The number of hydrogen-bond acceptors (Lipinski definition) is 1. The summed E-state index contributed by atoms with van der Waals surface area (Å²) < 4.78 is 0. The van der Waals surface area contributed by atoms with Gasteiger partial charge in [0.05, 0.1) is 0 Å². The molecule has 0 bridgehead atoms. The third-order valence-corrected chi connectivity index (χ3v) is 1.59. The molecule has 1 nitrogen and oxygen atoms in total. The van der Waals surface area contributed by atoms with Crippen molar-refractivity contribution in [2.75, 3.05) is 13.1 Å². The lowest BCUT2D eigenvalue weighted by atomic mass is 10.4. The maximum Gasteiger partial charge on any atom is 0.0351 e. The lowest BCUT2D eigenvalue weighted by molar-refractivity contribution is 0.685. The van der Waals surface area contributed by atoms with Crippen molar-refractivity contribution in [3.05, 3.63) is 11.8 Å². The molecule has 0 aromatic heterocycles. The van der Waals surface area contributed by atoms with Gasteiger partial charge in [-0.05, 0) is 0 Å². The molecule has 2 rings (SSSR count). The van der Waals surface area contributed by atoms with Crippen molar-refractivity contribution in [2.45, 2.75) is 6.92 Å². The number of rotatable bonds is 1.